The van der Waals surface area contributed by atoms with Gasteiger partial charge in [0.1, 0.15) is 17.7 Å². The van der Waals surface area contributed by atoms with Crippen molar-refractivity contribution in [1.82, 2.24) is 14.9 Å². The van der Waals surface area contributed by atoms with E-state index in [1.165, 1.54) is 10.9 Å². The van der Waals surface area contributed by atoms with Gasteiger partial charge in [-0.3, -0.25) is 4.90 Å². The number of imidazole rings is 1. The number of hydrogen-bond donors (Lipinski definition) is 1. The first-order chi connectivity index (χ1) is 12.2. The second-order valence-electron chi connectivity index (χ2n) is 6.52. The lowest BCUT2D eigenvalue weighted by molar-refractivity contribution is -0.0367. The molecule has 1 aromatic heterocycles. The lowest BCUT2D eigenvalue weighted by atomic mass is 10.0. The number of fused-ring (bicyclic) bond motifs is 1. The maximum absolute atomic E-state index is 5.91. The zero-order valence-corrected chi connectivity index (χ0v) is 14.7. The van der Waals surface area contributed by atoms with Gasteiger partial charge in [0.2, 0.25) is 0 Å². The van der Waals surface area contributed by atoms with E-state index in [1.54, 1.807) is 7.11 Å². The molecule has 4 rings (SSSR count). The highest BCUT2D eigenvalue weighted by Crippen LogP contribution is 2.30. The van der Waals surface area contributed by atoms with Crippen LogP contribution >= 0.6 is 0 Å². The molecule has 5 nitrogen and oxygen atoms in total. The fourth-order valence-electron chi connectivity index (χ4n) is 3.50. The van der Waals surface area contributed by atoms with E-state index >= 15 is 0 Å². The molecule has 3 aromatic rings. The summed E-state index contributed by atoms with van der Waals surface area (Å²) in [6.07, 6.45) is 1.86. The molecule has 1 atom stereocenters. The summed E-state index contributed by atoms with van der Waals surface area (Å²) < 4.78 is 11.4. The highest BCUT2D eigenvalue weighted by atomic mass is 16.5. The Morgan fingerprint density at radius 1 is 1.24 bits per heavy atom. The molecule has 0 aliphatic carbocycles. The number of benzene rings is 2. The molecule has 1 saturated heterocycles. The van der Waals surface area contributed by atoms with E-state index in [0.717, 1.165) is 48.9 Å². The van der Waals surface area contributed by atoms with Gasteiger partial charge in [0, 0.05) is 36.9 Å². The van der Waals surface area contributed by atoms with Crippen molar-refractivity contribution in [3.8, 4) is 5.75 Å². The second-order valence-corrected chi connectivity index (χ2v) is 6.52. The Labute approximate surface area is 147 Å². The Morgan fingerprint density at radius 3 is 2.84 bits per heavy atom. The third kappa shape index (κ3) is 3.25. The first kappa shape index (κ1) is 16.1. The predicted molar refractivity (Wildman–Crippen MR) is 97.8 cm³/mol. The van der Waals surface area contributed by atoms with Crippen molar-refractivity contribution >= 4 is 10.8 Å². The van der Waals surface area contributed by atoms with Crippen molar-refractivity contribution < 1.29 is 9.47 Å². The number of ether oxygens (including phenoxy) is 2. The number of nitrogens with zero attached hydrogens (tertiary/aromatic N) is 2. The maximum Gasteiger partial charge on any atom is 0.136 e. The van der Waals surface area contributed by atoms with Gasteiger partial charge in [-0.2, -0.15) is 0 Å². The van der Waals surface area contributed by atoms with Crippen LogP contribution in [0.3, 0.4) is 0 Å². The molecule has 0 amide bonds. The summed E-state index contributed by atoms with van der Waals surface area (Å²) in [4.78, 5) is 10.2. The summed E-state index contributed by atoms with van der Waals surface area (Å²) in [6.45, 7) is 5.40. The van der Waals surface area contributed by atoms with Crippen LogP contribution in [0.25, 0.3) is 10.8 Å². The number of nitrogens with one attached hydrogen (secondary N) is 1. The number of aromatic amines is 1. The number of hydrogen-bond acceptors (Lipinski definition) is 4. The Hall–Kier alpha value is -2.37. The highest BCUT2D eigenvalue weighted by Gasteiger charge is 2.24. The minimum Gasteiger partial charge on any atom is -0.496 e. The quantitative estimate of drug-likeness (QED) is 0.792. The largest absolute Gasteiger partial charge is 0.496 e. The molecular weight excluding hydrogens is 314 g/mol. The lowest BCUT2D eigenvalue weighted by Crippen LogP contribution is -2.38. The maximum atomic E-state index is 5.91. The standard InChI is InChI=1S/C20H23N3O2/c1-14-11-21-20(22-14)19-13-23(9-10-25-19)12-15-7-8-18(24-2)17-6-4-3-5-16(15)17/h3-8,11,19H,9-10,12-13H2,1-2H3,(H,21,22)/t19-/m0/s1. The van der Waals surface area contributed by atoms with Gasteiger partial charge < -0.3 is 14.5 Å². The van der Waals surface area contributed by atoms with Gasteiger partial charge in [0.25, 0.3) is 0 Å². The van der Waals surface area contributed by atoms with Crippen LogP contribution in [0.4, 0.5) is 0 Å². The van der Waals surface area contributed by atoms with Gasteiger partial charge in [-0.25, -0.2) is 4.98 Å². The SMILES string of the molecule is COc1ccc(CN2CCO[C@H](c3ncc(C)[nH]3)C2)c2ccccc12. The van der Waals surface area contributed by atoms with E-state index in [2.05, 4.69) is 51.3 Å². The van der Waals surface area contributed by atoms with Gasteiger partial charge in [-0.15, -0.1) is 0 Å². The predicted octanol–water partition coefficient (Wildman–Crippen LogP) is 3.45. The first-order valence-corrected chi connectivity index (χ1v) is 8.64. The Kier molecular flexibility index (Phi) is 4.42. The second kappa shape index (κ2) is 6.86. The minimum absolute atomic E-state index is 0.00645. The summed E-state index contributed by atoms with van der Waals surface area (Å²) >= 11 is 0. The molecule has 0 radical (unpaired) electrons. The van der Waals surface area contributed by atoms with Crippen LogP contribution in [0, 0.1) is 6.92 Å². The fraction of sp³-hybridized carbons (Fsp3) is 0.350. The average molecular weight is 337 g/mol. The third-order valence-corrected chi connectivity index (χ3v) is 4.77. The van der Waals surface area contributed by atoms with Crippen molar-refractivity contribution in [3.63, 3.8) is 0 Å². The first-order valence-electron chi connectivity index (χ1n) is 8.64. The van der Waals surface area contributed by atoms with E-state index in [9.17, 15) is 0 Å². The van der Waals surface area contributed by atoms with E-state index in [-0.39, 0.29) is 6.10 Å². The van der Waals surface area contributed by atoms with E-state index in [4.69, 9.17) is 9.47 Å². The number of rotatable bonds is 4. The number of morpholine rings is 1. The normalized spacial score (nSPS) is 18.6. The molecule has 0 saturated carbocycles. The molecule has 1 N–H and O–H groups in total. The molecule has 1 fully saturated rings. The van der Waals surface area contributed by atoms with Crippen LogP contribution in [0.1, 0.15) is 23.2 Å². The topological polar surface area (TPSA) is 50.4 Å². The van der Waals surface area contributed by atoms with Crippen LogP contribution in [0.15, 0.2) is 42.6 Å². The van der Waals surface area contributed by atoms with Gasteiger partial charge >= 0.3 is 0 Å². The minimum atomic E-state index is 0.00645. The summed E-state index contributed by atoms with van der Waals surface area (Å²) in [5, 5.41) is 2.41. The molecule has 1 aliphatic rings. The fourth-order valence-corrected chi connectivity index (χ4v) is 3.50. The Bertz CT molecular complexity index is 874. The Balaban J connectivity index is 1.57. The summed E-state index contributed by atoms with van der Waals surface area (Å²) in [5.74, 6) is 1.84. The molecule has 2 heterocycles. The zero-order chi connectivity index (χ0) is 17.2. The van der Waals surface area contributed by atoms with Gasteiger partial charge in [0.05, 0.1) is 13.7 Å². The summed E-state index contributed by atoms with van der Waals surface area (Å²) in [5.41, 5.74) is 2.38. The lowest BCUT2D eigenvalue weighted by Gasteiger charge is -2.32. The molecular formula is C20H23N3O2. The van der Waals surface area contributed by atoms with Crippen LogP contribution in [0.2, 0.25) is 0 Å². The Morgan fingerprint density at radius 2 is 2.08 bits per heavy atom. The summed E-state index contributed by atoms with van der Waals surface area (Å²) in [6, 6.07) is 12.7. The van der Waals surface area contributed by atoms with E-state index in [1.807, 2.05) is 13.1 Å². The average Bonchev–Trinajstić information content (AvgIpc) is 3.09. The van der Waals surface area contributed by atoms with Crippen LogP contribution < -0.4 is 4.74 Å². The molecule has 130 valence electrons. The van der Waals surface area contributed by atoms with Crippen LogP contribution in [-0.4, -0.2) is 41.7 Å². The van der Waals surface area contributed by atoms with Crippen molar-refractivity contribution in [2.24, 2.45) is 0 Å². The number of methoxy groups -OCH3 is 1. The summed E-state index contributed by atoms with van der Waals surface area (Å²) in [7, 11) is 1.72. The van der Waals surface area contributed by atoms with E-state index in [0.29, 0.717) is 0 Å². The molecule has 5 heteroatoms. The van der Waals surface area contributed by atoms with Crippen molar-refractivity contribution in [3.05, 3.63) is 59.7 Å². The molecule has 25 heavy (non-hydrogen) atoms. The number of aryl methyl sites for hydroxylation is 1. The monoisotopic (exact) mass is 337 g/mol. The van der Waals surface area contributed by atoms with Crippen molar-refractivity contribution in [2.45, 2.75) is 19.6 Å². The zero-order valence-electron chi connectivity index (χ0n) is 14.7. The van der Waals surface area contributed by atoms with Gasteiger partial charge in [0.15, 0.2) is 0 Å². The van der Waals surface area contributed by atoms with Crippen molar-refractivity contribution in [1.29, 1.82) is 0 Å². The molecule has 0 unspecified atom stereocenters. The number of aromatic nitrogens is 2. The molecule has 2 aromatic carbocycles. The van der Waals surface area contributed by atoms with E-state index < -0.39 is 0 Å². The van der Waals surface area contributed by atoms with Crippen LogP contribution in [0.5, 0.6) is 5.75 Å². The molecule has 0 spiro atoms. The number of H-pyrrole nitrogens is 1. The smallest absolute Gasteiger partial charge is 0.136 e. The molecule has 0 bridgehead atoms. The van der Waals surface area contributed by atoms with Gasteiger partial charge in [-0.1, -0.05) is 30.3 Å². The third-order valence-electron chi connectivity index (χ3n) is 4.77. The van der Waals surface area contributed by atoms with Gasteiger partial charge in [-0.05, 0) is 23.9 Å². The highest BCUT2D eigenvalue weighted by molar-refractivity contribution is 5.91. The molecule has 1 aliphatic heterocycles. The van der Waals surface area contributed by atoms with Crippen molar-refractivity contribution in [2.75, 3.05) is 26.8 Å². The van der Waals surface area contributed by atoms with Crippen LogP contribution in [-0.2, 0) is 11.3 Å².